The van der Waals surface area contributed by atoms with Crippen LogP contribution in [0.15, 0.2) is 0 Å². The van der Waals surface area contributed by atoms with Gasteiger partial charge in [0, 0.05) is 31.1 Å². The average Bonchev–Trinajstić information content (AvgIpc) is 2.53. The quantitative estimate of drug-likeness (QED) is 0.200. The zero-order chi connectivity index (χ0) is 16.8. The predicted molar refractivity (Wildman–Crippen MR) is 92.0 cm³/mol. The van der Waals surface area contributed by atoms with E-state index >= 15 is 0 Å². The summed E-state index contributed by atoms with van der Waals surface area (Å²) in [7, 11) is 6.51. The van der Waals surface area contributed by atoms with Crippen molar-refractivity contribution in [2.45, 2.75) is 24.9 Å². The van der Waals surface area contributed by atoms with Gasteiger partial charge in [-0.25, -0.2) is 0 Å². The van der Waals surface area contributed by atoms with Crippen molar-refractivity contribution in [3.63, 3.8) is 0 Å². The summed E-state index contributed by atoms with van der Waals surface area (Å²) in [6, 6.07) is -0.567. The number of carbonyl (C=O) groups is 2. The lowest BCUT2D eigenvalue weighted by Crippen LogP contribution is -2.45. The second kappa shape index (κ2) is 14.3. The SMILES string of the molecule is CN[C@@H](CSSC[C@H](NC)C(=O)NCCO)C(=O)CCCO. The van der Waals surface area contributed by atoms with Gasteiger partial charge in [-0.3, -0.25) is 9.59 Å². The molecule has 0 aliphatic rings. The van der Waals surface area contributed by atoms with Gasteiger partial charge in [0.2, 0.25) is 5.91 Å². The maximum atomic E-state index is 11.8. The summed E-state index contributed by atoms with van der Waals surface area (Å²) in [4.78, 5) is 23.6. The number of aliphatic hydroxyl groups is 2. The Hall–Kier alpha value is -0.320. The first kappa shape index (κ1) is 21.7. The fourth-order valence-corrected chi connectivity index (χ4v) is 4.12. The van der Waals surface area contributed by atoms with Crippen molar-refractivity contribution >= 4 is 33.3 Å². The van der Waals surface area contributed by atoms with Gasteiger partial charge < -0.3 is 26.2 Å². The van der Waals surface area contributed by atoms with Crippen LogP contribution in [0.4, 0.5) is 0 Å². The molecule has 0 bridgehead atoms. The summed E-state index contributed by atoms with van der Waals surface area (Å²) in [6.07, 6.45) is 0.859. The molecule has 9 heteroatoms. The molecule has 0 saturated heterocycles. The molecule has 7 nitrogen and oxygen atoms in total. The Kier molecular flexibility index (Phi) is 14.1. The normalized spacial score (nSPS) is 13.6. The summed E-state index contributed by atoms with van der Waals surface area (Å²) in [5.74, 6) is 1.13. The maximum absolute atomic E-state index is 11.8. The van der Waals surface area contributed by atoms with Crippen LogP contribution in [0.25, 0.3) is 0 Å². The molecule has 0 aromatic heterocycles. The van der Waals surface area contributed by atoms with E-state index in [1.54, 1.807) is 14.1 Å². The molecule has 0 aliphatic heterocycles. The molecule has 0 rings (SSSR count). The van der Waals surface area contributed by atoms with E-state index in [0.717, 1.165) is 0 Å². The van der Waals surface area contributed by atoms with Gasteiger partial charge in [-0.2, -0.15) is 0 Å². The zero-order valence-corrected chi connectivity index (χ0v) is 14.8. The van der Waals surface area contributed by atoms with Crippen molar-refractivity contribution in [2.75, 3.05) is 45.4 Å². The first-order chi connectivity index (χ1) is 10.6. The number of Topliss-reactive ketones (excluding diaryl/α,β-unsaturated/α-hetero) is 1. The van der Waals surface area contributed by atoms with Crippen molar-refractivity contribution < 1.29 is 19.8 Å². The zero-order valence-electron chi connectivity index (χ0n) is 13.1. The van der Waals surface area contributed by atoms with Crippen molar-refractivity contribution in [1.29, 1.82) is 0 Å². The number of rotatable bonds is 14. The third-order valence-corrected chi connectivity index (χ3v) is 5.37. The standard InChI is InChI=1S/C13H27N3O4S2/c1-14-10(12(19)4-3-6-17)8-21-22-9-11(15-2)13(20)16-5-7-18/h10-11,14-15,17-18H,3-9H2,1-2H3,(H,16,20)/t10-,11-/m0/s1. The topological polar surface area (TPSA) is 111 Å². The minimum Gasteiger partial charge on any atom is -0.396 e. The third kappa shape index (κ3) is 9.65. The van der Waals surface area contributed by atoms with Crippen LogP contribution in [-0.2, 0) is 9.59 Å². The lowest BCUT2D eigenvalue weighted by molar-refractivity contribution is -0.122. The van der Waals surface area contributed by atoms with Gasteiger partial charge in [-0.15, -0.1) is 0 Å². The van der Waals surface area contributed by atoms with Crippen LogP contribution >= 0.6 is 21.6 Å². The number of carbonyl (C=O) groups excluding carboxylic acids is 2. The summed E-state index contributed by atoms with van der Waals surface area (Å²) >= 11 is 0. The fraction of sp³-hybridized carbons (Fsp3) is 0.846. The summed E-state index contributed by atoms with van der Waals surface area (Å²) in [5.41, 5.74) is 0. The Morgan fingerprint density at radius 3 is 2.09 bits per heavy atom. The first-order valence-electron chi connectivity index (χ1n) is 7.21. The number of ketones is 1. The average molecular weight is 354 g/mol. The third-order valence-electron chi connectivity index (χ3n) is 2.95. The fourth-order valence-electron chi connectivity index (χ4n) is 1.59. The molecule has 0 heterocycles. The molecule has 130 valence electrons. The molecular formula is C13H27N3O4S2. The molecule has 0 aromatic rings. The van der Waals surface area contributed by atoms with E-state index in [1.165, 1.54) is 21.6 Å². The summed E-state index contributed by atoms with van der Waals surface area (Å²) in [5, 5.41) is 26.0. The molecule has 0 spiro atoms. The number of hydrogen-bond acceptors (Lipinski definition) is 8. The van der Waals surface area contributed by atoms with Crippen LogP contribution in [0.1, 0.15) is 12.8 Å². The van der Waals surface area contributed by atoms with E-state index < -0.39 is 0 Å². The molecule has 0 saturated carbocycles. The summed E-state index contributed by atoms with van der Waals surface area (Å²) in [6.45, 7) is 0.191. The van der Waals surface area contributed by atoms with E-state index in [4.69, 9.17) is 10.2 Å². The molecule has 2 atom stereocenters. The van der Waals surface area contributed by atoms with E-state index in [-0.39, 0.29) is 43.5 Å². The Morgan fingerprint density at radius 1 is 1.00 bits per heavy atom. The van der Waals surface area contributed by atoms with Gasteiger partial charge in [-0.1, -0.05) is 21.6 Å². The van der Waals surface area contributed by atoms with Gasteiger partial charge in [0.15, 0.2) is 5.78 Å². The molecule has 0 aliphatic carbocycles. The highest BCUT2D eigenvalue weighted by Gasteiger charge is 2.18. The molecule has 22 heavy (non-hydrogen) atoms. The molecule has 0 fully saturated rings. The Labute approximate surface area is 139 Å². The molecule has 1 amide bonds. The molecule has 5 N–H and O–H groups in total. The minimum absolute atomic E-state index is 0.0247. The highest BCUT2D eigenvalue weighted by molar-refractivity contribution is 8.76. The first-order valence-corrected chi connectivity index (χ1v) is 9.70. The number of nitrogens with one attached hydrogen (secondary N) is 3. The maximum Gasteiger partial charge on any atom is 0.238 e. The summed E-state index contributed by atoms with van der Waals surface area (Å²) < 4.78 is 0. The lowest BCUT2D eigenvalue weighted by Gasteiger charge is -2.17. The van der Waals surface area contributed by atoms with Crippen molar-refractivity contribution in [1.82, 2.24) is 16.0 Å². The van der Waals surface area contributed by atoms with Gasteiger partial charge >= 0.3 is 0 Å². The van der Waals surface area contributed by atoms with Gasteiger partial charge in [0.25, 0.3) is 0 Å². The molecule has 0 unspecified atom stereocenters. The van der Waals surface area contributed by atoms with Crippen LogP contribution in [0.2, 0.25) is 0 Å². The second-order valence-electron chi connectivity index (χ2n) is 4.56. The van der Waals surface area contributed by atoms with E-state index in [1.807, 2.05) is 0 Å². The van der Waals surface area contributed by atoms with Crippen LogP contribution in [0.5, 0.6) is 0 Å². The largest absolute Gasteiger partial charge is 0.396 e. The number of hydrogen-bond donors (Lipinski definition) is 5. The predicted octanol–water partition coefficient (Wildman–Crippen LogP) is -1.01. The van der Waals surface area contributed by atoms with Gasteiger partial charge in [0.1, 0.15) is 0 Å². The van der Waals surface area contributed by atoms with Crippen LogP contribution in [-0.4, -0.2) is 79.3 Å². The van der Waals surface area contributed by atoms with E-state index in [9.17, 15) is 9.59 Å². The van der Waals surface area contributed by atoms with Crippen molar-refractivity contribution in [2.24, 2.45) is 0 Å². The van der Waals surface area contributed by atoms with Crippen molar-refractivity contribution in [3.05, 3.63) is 0 Å². The van der Waals surface area contributed by atoms with E-state index in [0.29, 0.717) is 24.3 Å². The smallest absolute Gasteiger partial charge is 0.238 e. The lowest BCUT2D eigenvalue weighted by atomic mass is 10.1. The number of likely N-dealkylation sites (N-methyl/N-ethyl adjacent to an activating group) is 2. The number of aliphatic hydroxyl groups excluding tert-OH is 2. The monoisotopic (exact) mass is 353 g/mol. The van der Waals surface area contributed by atoms with E-state index in [2.05, 4.69) is 16.0 Å². The second-order valence-corrected chi connectivity index (χ2v) is 7.11. The number of amides is 1. The highest BCUT2D eigenvalue weighted by atomic mass is 33.1. The van der Waals surface area contributed by atoms with Gasteiger partial charge in [-0.05, 0) is 20.5 Å². The van der Waals surface area contributed by atoms with Crippen LogP contribution in [0, 0.1) is 0 Å². The van der Waals surface area contributed by atoms with Gasteiger partial charge in [0.05, 0.1) is 18.7 Å². The Balaban J connectivity index is 4.00. The minimum atomic E-state index is -0.331. The molecular weight excluding hydrogens is 326 g/mol. The van der Waals surface area contributed by atoms with Crippen LogP contribution < -0.4 is 16.0 Å². The Morgan fingerprint density at radius 2 is 1.59 bits per heavy atom. The molecule has 0 aromatic carbocycles. The van der Waals surface area contributed by atoms with Crippen molar-refractivity contribution in [3.8, 4) is 0 Å². The highest BCUT2D eigenvalue weighted by Crippen LogP contribution is 2.23. The molecule has 0 radical (unpaired) electrons. The van der Waals surface area contributed by atoms with Crippen LogP contribution in [0.3, 0.4) is 0 Å². The Bertz CT molecular complexity index is 292.